The fraction of sp³-hybridized carbons (Fsp3) is 0.500. The van der Waals surface area contributed by atoms with Gasteiger partial charge in [-0.2, -0.15) is 0 Å². The Labute approximate surface area is 112 Å². The van der Waals surface area contributed by atoms with Crippen LogP contribution in [0.5, 0.6) is 5.75 Å². The normalized spacial score (nSPS) is 16.3. The van der Waals surface area contributed by atoms with Crippen LogP contribution in [0.3, 0.4) is 0 Å². The van der Waals surface area contributed by atoms with Crippen molar-refractivity contribution in [3.63, 3.8) is 0 Å². The second-order valence-corrected chi connectivity index (χ2v) is 4.54. The van der Waals surface area contributed by atoms with E-state index in [0.29, 0.717) is 23.5 Å². The molecule has 104 valence electrons. The summed E-state index contributed by atoms with van der Waals surface area (Å²) in [7, 11) is 0. The van der Waals surface area contributed by atoms with Crippen LogP contribution in [0.4, 0.5) is 0 Å². The molecule has 1 heterocycles. The minimum atomic E-state index is -0.920. The van der Waals surface area contributed by atoms with Crippen LogP contribution in [0.15, 0.2) is 18.2 Å². The third kappa shape index (κ3) is 3.68. The van der Waals surface area contributed by atoms with Gasteiger partial charge in [0.25, 0.3) is 0 Å². The molecule has 1 N–H and O–H groups in total. The summed E-state index contributed by atoms with van der Waals surface area (Å²) in [6, 6.07) is 5.11. The molecular weight excluding hydrogens is 246 g/mol. The molecular formula is C14H19NO4. The average Bonchev–Trinajstić information content (AvgIpc) is 2.41. The minimum Gasteiger partial charge on any atom is -0.492 e. The van der Waals surface area contributed by atoms with Gasteiger partial charge in [0, 0.05) is 25.2 Å². The van der Waals surface area contributed by atoms with Crippen LogP contribution in [0, 0.1) is 6.92 Å². The van der Waals surface area contributed by atoms with E-state index in [1.54, 1.807) is 25.1 Å². The van der Waals surface area contributed by atoms with Crippen molar-refractivity contribution in [3.8, 4) is 5.75 Å². The van der Waals surface area contributed by atoms with Gasteiger partial charge in [0.1, 0.15) is 12.4 Å². The van der Waals surface area contributed by atoms with Crippen LogP contribution in [0.25, 0.3) is 0 Å². The Bertz CT molecular complexity index is 441. The van der Waals surface area contributed by atoms with Crippen LogP contribution in [0.2, 0.25) is 0 Å². The van der Waals surface area contributed by atoms with Crippen molar-refractivity contribution < 1.29 is 19.4 Å². The summed E-state index contributed by atoms with van der Waals surface area (Å²) in [5.41, 5.74) is 0.973. The molecule has 1 aliphatic rings. The first-order valence-electron chi connectivity index (χ1n) is 6.44. The number of benzene rings is 1. The highest BCUT2D eigenvalue weighted by Crippen LogP contribution is 2.21. The molecule has 0 spiro atoms. The molecule has 0 bridgehead atoms. The maximum absolute atomic E-state index is 11.0. The zero-order valence-electron chi connectivity index (χ0n) is 11.1. The van der Waals surface area contributed by atoms with Gasteiger partial charge in [-0.1, -0.05) is 6.07 Å². The Morgan fingerprint density at radius 3 is 2.84 bits per heavy atom. The van der Waals surface area contributed by atoms with Gasteiger partial charge in [-0.05, 0) is 19.1 Å². The van der Waals surface area contributed by atoms with Crippen molar-refractivity contribution in [2.45, 2.75) is 6.92 Å². The lowest BCUT2D eigenvalue weighted by Crippen LogP contribution is -2.38. The standard InChI is InChI=1S/C14H19NO4/c1-11-12(14(16)17)3-2-4-13(11)19-10-7-15-5-8-18-9-6-15/h2-4H,5-10H2,1H3,(H,16,17). The van der Waals surface area contributed by atoms with Gasteiger partial charge in [-0.15, -0.1) is 0 Å². The lowest BCUT2D eigenvalue weighted by atomic mass is 10.1. The fourth-order valence-electron chi connectivity index (χ4n) is 2.11. The van der Waals surface area contributed by atoms with E-state index in [1.807, 2.05) is 0 Å². The highest BCUT2D eigenvalue weighted by molar-refractivity contribution is 5.90. The minimum absolute atomic E-state index is 0.295. The molecule has 1 aromatic rings. The van der Waals surface area contributed by atoms with Crippen molar-refractivity contribution in [3.05, 3.63) is 29.3 Å². The largest absolute Gasteiger partial charge is 0.492 e. The van der Waals surface area contributed by atoms with Gasteiger partial charge in [-0.25, -0.2) is 4.79 Å². The predicted octanol–water partition coefficient (Wildman–Crippen LogP) is 1.40. The van der Waals surface area contributed by atoms with Gasteiger partial charge in [0.15, 0.2) is 0 Å². The van der Waals surface area contributed by atoms with E-state index in [2.05, 4.69) is 4.90 Å². The van der Waals surface area contributed by atoms with Crippen LogP contribution >= 0.6 is 0 Å². The number of carboxylic acid groups (broad SMARTS) is 1. The van der Waals surface area contributed by atoms with Gasteiger partial charge in [-0.3, -0.25) is 4.90 Å². The summed E-state index contributed by atoms with van der Waals surface area (Å²) in [5, 5.41) is 9.04. The molecule has 5 nitrogen and oxygen atoms in total. The van der Waals surface area contributed by atoms with Crippen LogP contribution < -0.4 is 4.74 Å². The molecule has 2 rings (SSSR count). The summed E-state index contributed by atoms with van der Waals surface area (Å²) in [4.78, 5) is 13.3. The maximum Gasteiger partial charge on any atom is 0.336 e. The van der Waals surface area contributed by atoms with Crippen molar-refractivity contribution >= 4 is 5.97 Å². The molecule has 0 atom stereocenters. The van der Waals surface area contributed by atoms with E-state index in [9.17, 15) is 4.79 Å². The smallest absolute Gasteiger partial charge is 0.336 e. The van der Waals surface area contributed by atoms with Crippen molar-refractivity contribution in [1.29, 1.82) is 0 Å². The molecule has 0 aromatic heterocycles. The summed E-state index contributed by atoms with van der Waals surface area (Å²) < 4.78 is 11.0. The fourth-order valence-corrected chi connectivity index (χ4v) is 2.11. The Kier molecular flexibility index (Phi) is 4.76. The second-order valence-electron chi connectivity index (χ2n) is 4.54. The topological polar surface area (TPSA) is 59.0 Å². The maximum atomic E-state index is 11.0. The van der Waals surface area contributed by atoms with Crippen molar-refractivity contribution in [2.75, 3.05) is 39.5 Å². The number of morpholine rings is 1. The lowest BCUT2D eigenvalue weighted by molar-refractivity contribution is 0.0322. The van der Waals surface area contributed by atoms with E-state index in [-0.39, 0.29) is 0 Å². The van der Waals surface area contributed by atoms with E-state index in [1.165, 1.54) is 0 Å². The number of ether oxygens (including phenoxy) is 2. The average molecular weight is 265 g/mol. The third-order valence-electron chi connectivity index (χ3n) is 3.28. The number of aromatic carboxylic acids is 1. The summed E-state index contributed by atoms with van der Waals surface area (Å²) in [6.07, 6.45) is 0. The van der Waals surface area contributed by atoms with Crippen LogP contribution in [-0.2, 0) is 4.74 Å². The summed E-state index contributed by atoms with van der Waals surface area (Å²) in [5.74, 6) is -0.274. The molecule has 0 aliphatic carbocycles. The second kappa shape index (κ2) is 6.54. The van der Waals surface area contributed by atoms with Crippen molar-refractivity contribution in [1.82, 2.24) is 4.90 Å². The molecule has 1 fully saturated rings. The monoisotopic (exact) mass is 265 g/mol. The number of rotatable bonds is 5. The Morgan fingerprint density at radius 1 is 1.42 bits per heavy atom. The predicted molar refractivity (Wildman–Crippen MR) is 70.9 cm³/mol. The zero-order chi connectivity index (χ0) is 13.7. The SMILES string of the molecule is Cc1c(OCCN2CCOCC2)cccc1C(=O)O. The summed E-state index contributed by atoms with van der Waals surface area (Å²) in [6.45, 7) is 6.56. The lowest BCUT2D eigenvalue weighted by Gasteiger charge is -2.26. The molecule has 0 radical (unpaired) electrons. The number of carbonyl (C=O) groups is 1. The zero-order valence-corrected chi connectivity index (χ0v) is 11.1. The third-order valence-corrected chi connectivity index (χ3v) is 3.28. The van der Waals surface area contributed by atoms with Gasteiger partial charge >= 0.3 is 5.97 Å². The molecule has 5 heteroatoms. The quantitative estimate of drug-likeness (QED) is 0.872. The highest BCUT2D eigenvalue weighted by Gasteiger charge is 2.12. The highest BCUT2D eigenvalue weighted by atomic mass is 16.5. The number of hydrogen-bond acceptors (Lipinski definition) is 4. The van der Waals surface area contributed by atoms with Gasteiger partial charge in [0.2, 0.25) is 0 Å². The van der Waals surface area contributed by atoms with Crippen molar-refractivity contribution in [2.24, 2.45) is 0 Å². The number of carboxylic acids is 1. The Hall–Kier alpha value is -1.59. The van der Waals surface area contributed by atoms with Gasteiger partial charge < -0.3 is 14.6 Å². The molecule has 0 unspecified atom stereocenters. The first-order valence-corrected chi connectivity index (χ1v) is 6.44. The number of hydrogen-bond donors (Lipinski definition) is 1. The van der Waals surface area contributed by atoms with Crippen LogP contribution in [0.1, 0.15) is 15.9 Å². The molecule has 1 aromatic carbocycles. The first-order chi connectivity index (χ1) is 9.18. The van der Waals surface area contributed by atoms with Crippen LogP contribution in [-0.4, -0.2) is 55.4 Å². The molecule has 0 saturated carbocycles. The van der Waals surface area contributed by atoms with E-state index < -0.39 is 5.97 Å². The van der Waals surface area contributed by atoms with Gasteiger partial charge in [0.05, 0.1) is 18.8 Å². The molecule has 0 amide bonds. The first kappa shape index (κ1) is 13.8. The Morgan fingerprint density at radius 2 is 2.16 bits per heavy atom. The Balaban J connectivity index is 1.88. The van der Waals surface area contributed by atoms with E-state index >= 15 is 0 Å². The molecule has 19 heavy (non-hydrogen) atoms. The van der Waals surface area contributed by atoms with E-state index in [0.717, 1.165) is 32.8 Å². The number of nitrogens with zero attached hydrogens (tertiary/aromatic N) is 1. The molecule has 1 saturated heterocycles. The van der Waals surface area contributed by atoms with E-state index in [4.69, 9.17) is 14.6 Å². The summed E-state index contributed by atoms with van der Waals surface area (Å²) >= 11 is 0. The molecule has 1 aliphatic heterocycles.